The first-order valence-corrected chi connectivity index (χ1v) is 7.88. The van der Waals surface area contributed by atoms with Crippen molar-refractivity contribution >= 4 is 27.9 Å². The van der Waals surface area contributed by atoms with E-state index in [-0.39, 0.29) is 5.43 Å². The van der Waals surface area contributed by atoms with E-state index >= 15 is 0 Å². The highest BCUT2D eigenvalue weighted by molar-refractivity contribution is 7.10. The van der Waals surface area contributed by atoms with Gasteiger partial charge in [-0.25, -0.2) is 0 Å². The molecule has 2 heterocycles. The van der Waals surface area contributed by atoms with Gasteiger partial charge in [-0.2, -0.15) is 0 Å². The quantitative estimate of drug-likeness (QED) is 0.656. The molecule has 0 spiro atoms. The Balaban J connectivity index is 1.91. The molecule has 3 aromatic rings. The monoisotopic (exact) mass is 294 g/mol. The van der Waals surface area contributed by atoms with E-state index in [4.69, 9.17) is 4.42 Å². The summed E-state index contributed by atoms with van der Waals surface area (Å²) in [5.74, 6) is 1.16. The lowest BCUT2D eigenvalue weighted by molar-refractivity contribution is 0.495. The molecule has 0 fully saturated rings. The fourth-order valence-corrected chi connectivity index (χ4v) is 3.94. The van der Waals surface area contributed by atoms with Crippen LogP contribution >= 0.6 is 11.3 Å². The Morgan fingerprint density at radius 2 is 2.00 bits per heavy atom. The topological polar surface area (TPSA) is 30.2 Å². The molecule has 0 amide bonds. The highest BCUT2D eigenvalue weighted by Crippen LogP contribution is 2.39. The maximum absolute atomic E-state index is 12.7. The summed E-state index contributed by atoms with van der Waals surface area (Å²) >= 11 is 1.75. The maximum atomic E-state index is 12.7. The van der Waals surface area contributed by atoms with Crippen molar-refractivity contribution in [3.8, 4) is 0 Å². The molecule has 104 valence electrons. The van der Waals surface area contributed by atoms with Crippen LogP contribution in [-0.2, 0) is 6.42 Å². The third-order valence-electron chi connectivity index (χ3n) is 4.09. The van der Waals surface area contributed by atoms with Crippen molar-refractivity contribution < 1.29 is 4.42 Å². The summed E-state index contributed by atoms with van der Waals surface area (Å²) in [5.41, 5.74) is 2.32. The second-order valence-corrected chi connectivity index (χ2v) is 6.43. The van der Waals surface area contributed by atoms with Gasteiger partial charge in [-0.3, -0.25) is 4.79 Å². The highest BCUT2D eigenvalue weighted by Gasteiger charge is 2.28. The van der Waals surface area contributed by atoms with Crippen molar-refractivity contribution in [1.82, 2.24) is 0 Å². The summed E-state index contributed by atoms with van der Waals surface area (Å²) in [5, 5.41) is 2.73. The van der Waals surface area contributed by atoms with Crippen molar-refractivity contribution in [3.63, 3.8) is 0 Å². The summed E-state index contributed by atoms with van der Waals surface area (Å²) in [6.45, 7) is 4.13. The van der Waals surface area contributed by atoms with Crippen LogP contribution in [0.1, 0.15) is 28.5 Å². The van der Waals surface area contributed by atoms with E-state index in [1.54, 1.807) is 11.3 Å². The molecule has 0 bridgehead atoms. The smallest absolute Gasteiger partial charge is 0.200 e. The minimum atomic E-state index is 0.0569. The SMILES string of the molecule is C=C1C[C@H](c2cccs2)Cc2oc3ccccc3c(=O)c21. The molecular formula is C18H14O2S. The summed E-state index contributed by atoms with van der Waals surface area (Å²) in [6, 6.07) is 11.6. The van der Waals surface area contributed by atoms with Gasteiger partial charge in [0.05, 0.1) is 10.9 Å². The van der Waals surface area contributed by atoms with E-state index in [1.165, 1.54) is 4.88 Å². The van der Waals surface area contributed by atoms with Crippen LogP contribution in [0.15, 0.2) is 57.6 Å². The van der Waals surface area contributed by atoms with Crippen molar-refractivity contribution in [3.05, 3.63) is 74.8 Å². The number of hydrogen-bond donors (Lipinski definition) is 0. The van der Waals surface area contributed by atoms with Crippen molar-refractivity contribution in [2.24, 2.45) is 0 Å². The van der Waals surface area contributed by atoms with Gasteiger partial charge in [0.2, 0.25) is 0 Å². The molecule has 21 heavy (non-hydrogen) atoms. The third kappa shape index (κ3) is 1.96. The highest BCUT2D eigenvalue weighted by atomic mass is 32.1. The summed E-state index contributed by atoms with van der Waals surface area (Å²) in [7, 11) is 0. The van der Waals surface area contributed by atoms with Crippen molar-refractivity contribution in [2.75, 3.05) is 0 Å². The molecule has 1 aliphatic carbocycles. The number of para-hydroxylation sites is 1. The molecule has 0 saturated carbocycles. The Morgan fingerprint density at radius 1 is 1.14 bits per heavy atom. The Morgan fingerprint density at radius 3 is 2.81 bits per heavy atom. The lowest BCUT2D eigenvalue weighted by Crippen LogP contribution is -2.19. The molecule has 3 heteroatoms. The predicted octanol–water partition coefficient (Wildman–Crippen LogP) is 4.60. The zero-order valence-corrected chi connectivity index (χ0v) is 12.3. The second-order valence-electron chi connectivity index (χ2n) is 5.45. The second kappa shape index (κ2) is 4.71. The van der Waals surface area contributed by atoms with Crippen LogP contribution in [0.25, 0.3) is 16.5 Å². The van der Waals surface area contributed by atoms with E-state index in [0.717, 1.165) is 24.2 Å². The van der Waals surface area contributed by atoms with Crippen LogP contribution in [0.4, 0.5) is 0 Å². The molecule has 1 aliphatic rings. The molecule has 1 aromatic carbocycles. The Labute approximate surface area is 126 Å². The van der Waals surface area contributed by atoms with Crippen molar-refractivity contribution in [2.45, 2.75) is 18.8 Å². The normalized spacial score (nSPS) is 17.9. The first-order valence-electron chi connectivity index (χ1n) is 7.00. The van der Waals surface area contributed by atoms with Gasteiger partial charge in [0.15, 0.2) is 5.43 Å². The Kier molecular flexibility index (Phi) is 2.82. The lowest BCUT2D eigenvalue weighted by Gasteiger charge is -2.24. The van der Waals surface area contributed by atoms with Crippen LogP contribution in [0.5, 0.6) is 0 Å². The fourth-order valence-electron chi connectivity index (χ4n) is 3.11. The average Bonchev–Trinajstić information content (AvgIpc) is 3.01. The van der Waals surface area contributed by atoms with E-state index in [2.05, 4.69) is 24.1 Å². The third-order valence-corrected chi connectivity index (χ3v) is 5.13. The average molecular weight is 294 g/mol. The van der Waals surface area contributed by atoms with Gasteiger partial charge in [-0.15, -0.1) is 11.3 Å². The molecule has 0 aliphatic heterocycles. The Bertz CT molecular complexity index is 887. The van der Waals surface area contributed by atoms with E-state index < -0.39 is 0 Å². The van der Waals surface area contributed by atoms with E-state index in [9.17, 15) is 4.79 Å². The number of allylic oxidation sites excluding steroid dienone is 1. The predicted molar refractivity (Wildman–Crippen MR) is 86.9 cm³/mol. The number of hydrogen-bond acceptors (Lipinski definition) is 3. The Hall–Kier alpha value is -2.13. The molecule has 0 unspecified atom stereocenters. The molecule has 0 N–H and O–H groups in total. The molecule has 4 rings (SSSR count). The molecule has 0 radical (unpaired) electrons. The van der Waals surface area contributed by atoms with Gasteiger partial charge in [0, 0.05) is 17.2 Å². The van der Waals surface area contributed by atoms with Gasteiger partial charge >= 0.3 is 0 Å². The minimum Gasteiger partial charge on any atom is -0.460 e. The summed E-state index contributed by atoms with van der Waals surface area (Å²) < 4.78 is 6.01. The van der Waals surface area contributed by atoms with Crippen LogP contribution in [-0.4, -0.2) is 0 Å². The zero-order chi connectivity index (χ0) is 14.4. The number of thiophene rings is 1. The number of rotatable bonds is 1. The van der Waals surface area contributed by atoms with Crippen LogP contribution in [0.3, 0.4) is 0 Å². The van der Waals surface area contributed by atoms with Crippen LogP contribution in [0.2, 0.25) is 0 Å². The fraction of sp³-hybridized carbons (Fsp3) is 0.167. The van der Waals surface area contributed by atoms with Gasteiger partial charge in [0.1, 0.15) is 11.3 Å². The lowest BCUT2D eigenvalue weighted by atomic mass is 9.83. The largest absolute Gasteiger partial charge is 0.460 e. The number of benzene rings is 1. The van der Waals surface area contributed by atoms with Gasteiger partial charge < -0.3 is 4.42 Å². The molecule has 0 saturated heterocycles. The van der Waals surface area contributed by atoms with E-state index in [0.29, 0.717) is 22.5 Å². The van der Waals surface area contributed by atoms with Gasteiger partial charge in [0.25, 0.3) is 0 Å². The van der Waals surface area contributed by atoms with Crippen molar-refractivity contribution in [1.29, 1.82) is 0 Å². The number of fused-ring (bicyclic) bond motifs is 2. The molecule has 2 nitrogen and oxygen atoms in total. The molecule has 2 aromatic heterocycles. The maximum Gasteiger partial charge on any atom is 0.200 e. The van der Waals surface area contributed by atoms with Crippen LogP contribution < -0.4 is 5.43 Å². The summed E-state index contributed by atoms with van der Waals surface area (Å²) in [6.07, 6.45) is 1.60. The first kappa shape index (κ1) is 12.6. The molecular weight excluding hydrogens is 280 g/mol. The molecule has 1 atom stereocenters. The standard InChI is InChI=1S/C18H14O2S/c1-11-9-12(16-7-4-8-21-16)10-15-17(11)18(19)13-5-2-3-6-14(13)20-15/h2-8,12H,1,9-10H2/t12-/m0/s1. The van der Waals surface area contributed by atoms with Gasteiger partial charge in [-0.05, 0) is 35.6 Å². The summed E-state index contributed by atoms with van der Waals surface area (Å²) in [4.78, 5) is 14.0. The van der Waals surface area contributed by atoms with Gasteiger partial charge in [-0.1, -0.05) is 24.8 Å². The minimum absolute atomic E-state index is 0.0569. The zero-order valence-electron chi connectivity index (χ0n) is 11.5. The first-order chi connectivity index (χ1) is 10.2. The van der Waals surface area contributed by atoms with E-state index in [1.807, 2.05) is 24.3 Å². The van der Waals surface area contributed by atoms with Crippen LogP contribution in [0, 0.1) is 0 Å².